The number of nitrogens with one attached hydrogen (secondary N) is 1. The number of aromatic nitrogens is 2. The summed E-state index contributed by atoms with van der Waals surface area (Å²) in [5, 5.41) is 5.40. The van der Waals surface area contributed by atoms with Crippen LogP contribution in [0.3, 0.4) is 0 Å². The van der Waals surface area contributed by atoms with Crippen molar-refractivity contribution in [3.8, 4) is 11.5 Å². The number of para-hydroxylation sites is 2. The third-order valence-electron chi connectivity index (χ3n) is 6.44. The maximum atomic E-state index is 12.5. The molecule has 6 nitrogen and oxygen atoms in total. The Morgan fingerprint density at radius 1 is 0.865 bits per heavy atom. The van der Waals surface area contributed by atoms with E-state index < -0.39 is 0 Å². The van der Waals surface area contributed by atoms with Gasteiger partial charge in [0.2, 0.25) is 0 Å². The van der Waals surface area contributed by atoms with Gasteiger partial charge in [-0.05, 0) is 66.1 Å². The number of nitrogens with zero attached hydrogens (tertiary/aromatic N) is 2. The van der Waals surface area contributed by atoms with Crippen LogP contribution in [0.1, 0.15) is 29.0 Å². The first kappa shape index (κ1) is 24.4. The molecule has 0 saturated heterocycles. The van der Waals surface area contributed by atoms with Crippen molar-refractivity contribution < 1.29 is 14.3 Å². The van der Waals surface area contributed by atoms with E-state index in [0.717, 1.165) is 48.4 Å². The third kappa shape index (κ3) is 5.92. The molecule has 5 rings (SSSR count). The molecule has 0 radical (unpaired) electrons. The Morgan fingerprint density at radius 2 is 1.70 bits per heavy atom. The summed E-state index contributed by atoms with van der Waals surface area (Å²) >= 11 is 0. The minimum atomic E-state index is -0.0988. The lowest BCUT2D eigenvalue weighted by Gasteiger charge is -2.11. The van der Waals surface area contributed by atoms with Gasteiger partial charge in [-0.15, -0.1) is 0 Å². The molecule has 0 unspecified atom stereocenters. The highest BCUT2D eigenvalue weighted by molar-refractivity contribution is 5.94. The average molecular weight is 494 g/mol. The minimum Gasteiger partial charge on any atom is -0.497 e. The molecule has 0 saturated carbocycles. The van der Waals surface area contributed by atoms with Crippen molar-refractivity contribution in [3.05, 3.63) is 102 Å². The van der Waals surface area contributed by atoms with Crippen LogP contribution >= 0.6 is 0 Å². The lowest BCUT2D eigenvalue weighted by Crippen LogP contribution is -2.25. The van der Waals surface area contributed by atoms with E-state index in [2.05, 4.69) is 40.2 Å². The van der Waals surface area contributed by atoms with Gasteiger partial charge in [0.25, 0.3) is 5.91 Å². The van der Waals surface area contributed by atoms with E-state index in [1.54, 1.807) is 19.2 Å². The monoisotopic (exact) mass is 493 g/mol. The standard InChI is InChI=1S/C31H31N3O3/c1-36-26-12-6-11-25(22-26)31(35)32-18-7-15-30-33-28-13-4-5-14-29(28)34(30)19-8-20-37-27-17-16-23-9-2-3-10-24(23)21-27/h2-6,9-14,16-17,21-22H,7-8,15,18-20H2,1H3,(H,32,35). The number of benzene rings is 4. The molecule has 188 valence electrons. The second-order valence-corrected chi connectivity index (χ2v) is 8.97. The zero-order chi connectivity index (χ0) is 25.5. The number of carbonyl (C=O) groups excluding carboxylic acids is 1. The molecule has 0 spiro atoms. The number of hydrogen-bond acceptors (Lipinski definition) is 4. The van der Waals surface area contributed by atoms with Gasteiger partial charge < -0.3 is 19.4 Å². The van der Waals surface area contributed by atoms with E-state index in [-0.39, 0.29) is 5.91 Å². The number of rotatable bonds is 11. The average Bonchev–Trinajstić information content (AvgIpc) is 3.30. The van der Waals surface area contributed by atoms with Crippen molar-refractivity contribution >= 4 is 27.7 Å². The number of amides is 1. The molecule has 4 aromatic carbocycles. The van der Waals surface area contributed by atoms with Crippen LogP contribution in [0, 0.1) is 0 Å². The largest absolute Gasteiger partial charge is 0.497 e. The first-order valence-corrected chi connectivity index (χ1v) is 12.7. The Morgan fingerprint density at radius 3 is 2.59 bits per heavy atom. The van der Waals surface area contributed by atoms with Crippen molar-refractivity contribution in [2.45, 2.75) is 25.8 Å². The smallest absolute Gasteiger partial charge is 0.251 e. The van der Waals surface area contributed by atoms with Gasteiger partial charge in [0, 0.05) is 25.1 Å². The third-order valence-corrected chi connectivity index (χ3v) is 6.44. The van der Waals surface area contributed by atoms with Gasteiger partial charge in [-0.25, -0.2) is 4.98 Å². The number of imidazole rings is 1. The SMILES string of the molecule is COc1cccc(C(=O)NCCCc2nc3ccccc3n2CCCOc2ccc3ccccc3c2)c1. The van der Waals surface area contributed by atoms with Gasteiger partial charge in [-0.2, -0.15) is 0 Å². The van der Waals surface area contributed by atoms with Crippen LogP contribution in [0.15, 0.2) is 91.0 Å². The summed E-state index contributed by atoms with van der Waals surface area (Å²) < 4.78 is 13.6. The zero-order valence-corrected chi connectivity index (χ0v) is 21.0. The Bertz CT molecular complexity index is 1510. The van der Waals surface area contributed by atoms with Crippen LogP contribution in [0.5, 0.6) is 11.5 Å². The molecular weight excluding hydrogens is 462 g/mol. The highest BCUT2D eigenvalue weighted by Gasteiger charge is 2.11. The Hall–Kier alpha value is -4.32. The predicted octanol–water partition coefficient (Wildman–Crippen LogP) is 6.03. The molecule has 0 aliphatic rings. The number of fused-ring (bicyclic) bond motifs is 2. The van der Waals surface area contributed by atoms with Gasteiger partial charge in [-0.3, -0.25) is 4.79 Å². The summed E-state index contributed by atoms with van der Waals surface area (Å²) in [5.41, 5.74) is 2.72. The van der Waals surface area contributed by atoms with Crippen LogP contribution < -0.4 is 14.8 Å². The van der Waals surface area contributed by atoms with Gasteiger partial charge in [0.15, 0.2) is 0 Å². The van der Waals surface area contributed by atoms with Crippen molar-refractivity contribution in [1.29, 1.82) is 0 Å². The molecule has 1 aromatic heterocycles. The van der Waals surface area contributed by atoms with Gasteiger partial charge in [-0.1, -0.05) is 48.5 Å². The fourth-order valence-corrected chi connectivity index (χ4v) is 4.55. The zero-order valence-electron chi connectivity index (χ0n) is 21.0. The number of ether oxygens (including phenoxy) is 2. The van der Waals surface area contributed by atoms with Crippen LogP contribution in [0.25, 0.3) is 21.8 Å². The van der Waals surface area contributed by atoms with E-state index in [1.807, 2.05) is 48.5 Å². The molecule has 0 aliphatic heterocycles. The van der Waals surface area contributed by atoms with Crippen LogP contribution in [-0.4, -0.2) is 35.7 Å². The Labute approximate surface area is 216 Å². The van der Waals surface area contributed by atoms with Crippen LogP contribution in [0.2, 0.25) is 0 Å². The molecule has 0 bridgehead atoms. The quantitative estimate of drug-likeness (QED) is 0.228. The van der Waals surface area contributed by atoms with Crippen molar-refractivity contribution in [2.75, 3.05) is 20.3 Å². The lowest BCUT2D eigenvalue weighted by atomic mass is 10.1. The summed E-state index contributed by atoms with van der Waals surface area (Å²) in [5.74, 6) is 2.49. The Kier molecular flexibility index (Phi) is 7.65. The van der Waals surface area contributed by atoms with Crippen LogP contribution in [0.4, 0.5) is 0 Å². The number of carbonyl (C=O) groups is 1. The number of aryl methyl sites for hydroxylation is 2. The van der Waals surface area contributed by atoms with E-state index in [1.165, 1.54) is 10.8 Å². The molecule has 1 heterocycles. The molecule has 0 aliphatic carbocycles. The Balaban J connectivity index is 1.17. The maximum absolute atomic E-state index is 12.5. The fourth-order valence-electron chi connectivity index (χ4n) is 4.55. The van der Waals surface area contributed by atoms with E-state index in [0.29, 0.717) is 24.5 Å². The summed E-state index contributed by atoms with van der Waals surface area (Å²) in [6, 6.07) is 29.9. The fraction of sp³-hybridized carbons (Fsp3) is 0.226. The lowest BCUT2D eigenvalue weighted by molar-refractivity contribution is 0.0952. The van der Waals surface area contributed by atoms with E-state index >= 15 is 0 Å². The highest BCUT2D eigenvalue weighted by Crippen LogP contribution is 2.21. The molecule has 1 amide bonds. The summed E-state index contributed by atoms with van der Waals surface area (Å²) in [6.07, 6.45) is 2.44. The van der Waals surface area contributed by atoms with Gasteiger partial charge >= 0.3 is 0 Å². The van der Waals surface area contributed by atoms with Crippen molar-refractivity contribution in [2.24, 2.45) is 0 Å². The molecule has 6 heteroatoms. The second-order valence-electron chi connectivity index (χ2n) is 8.97. The summed E-state index contributed by atoms with van der Waals surface area (Å²) in [7, 11) is 1.60. The topological polar surface area (TPSA) is 65.4 Å². The number of methoxy groups -OCH3 is 1. The predicted molar refractivity (Wildman–Crippen MR) is 147 cm³/mol. The van der Waals surface area contributed by atoms with E-state index in [4.69, 9.17) is 14.5 Å². The highest BCUT2D eigenvalue weighted by atomic mass is 16.5. The molecule has 1 N–H and O–H groups in total. The maximum Gasteiger partial charge on any atom is 0.251 e. The molecule has 0 fully saturated rings. The van der Waals surface area contributed by atoms with Gasteiger partial charge in [0.05, 0.1) is 24.8 Å². The van der Waals surface area contributed by atoms with Gasteiger partial charge in [0.1, 0.15) is 17.3 Å². The molecule has 0 atom stereocenters. The molecular formula is C31H31N3O3. The van der Waals surface area contributed by atoms with Crippen molar-refractivity contribution in [1.82, 2.24) is 14.9 Å². The first-order chi connectivity index (χ1) is 18.2. The molecule has 5 aromatic rings. The first-order valence-electron chi connectivity index (χ1n) is 12.7. The van der Waals surface area contributed by atoms with Crippen molar-refractivity contribution in [3.63, 3.8) is 0 Å². The summed E-state index contributed by atoms with van der Waals surface area (Å²) in [6.45, 7) is 2.02. The molecule has 37 heavy (non-hydrogen) atoms. The van der Waals surface area contributed by atoms with Crippen LogP contribution in [-0.2, 0) is 13.0 Å². The summed E-state index contributed by atoms with van der Waals surface area (Å²) in [4.78, 5) is 17.4. The second kappa shape index (κ2) is 11.6. The minimum absolute atomic E-state index is 0.0988. The van der Waals surface area contributed by atoms with E-state index in [9.17, 15) is 4.79 Å². The number of hydrogen-bond donors (Lipinski definition) is 1. The normalized spacial score (nSPS) is 11.1.